The minimum Gasteiger partial charge on any atom is -0.325 e. The van der Waals surface area contributed by atoms with Crippen molar-refractivity contribution >= 4 is 11.8 Å². The van der Waals surface area contributed by atoms with Crippen LogP contribution in [0.5, 0.6) is 0 Å². The van der Waals surface area contributed by atoms with Crippen molar-refractivity contribution in [2.45, 2.75) is 45.1 Å². The predicted molar refractivity (Wildman–Crippen MR) is 64.5 cm³/mol. The second-order valence-electron chi connectivity index (χ2n) is 5.94. The van der Waals surface area contributed by atoms with Crippen molar-refractivity contribution in [3.8, 4) is 0 Å². The van der Waals surface area contributed by atoms with E-state index in [1.807, 2.05) is 0 Å². The third-order valence-corrected chi connectivity index (χ3v) is 5.30. The summed E-state index contributed by atoms with van der Waals surface area (Å²) in [7, 11) is 0. The van der Waals surface area contributed by atoms with Crippen molar-refractivity contribution in [1.82, 2.24) is 0 Å². The maximum atomic E-state index is 5.98. The molecule has 2 saturated carbocycles. The molecule has 2 aliphatic rings. The second kappa shape index (κ2) is 4.05. The Morgan fingerprint density at radius 3 is 2.57 bits per heavy atom. The van der Waals surface area contributed by atoms with Crippen LogP contribution in [0.4, 0.5) is 0 Å². The van der Waals surface area contributed by atoms with Gasteiger partial charge in [0.05, 0.1) is 0 Å². The van der Waals surface area contributed by atoms with Gasteiger partial charge in [-0.05, 0) is 56.6 Å². The van der Waals surface area contributed by atoms with E-state index in [0.717, 1.165) is 23.5 Å². The molecular formula is C12H23NS. The molecule has 0 saturated heterocycles. The van der Waals surface area contributed by atoms with Gasteiger partial charge in [-0.1, -0.05) is 6.42 Å². The summed E-state index contributed by atoms with van der Waals surface area (Å²) in [4.78, 5) is 0. The van der Waals surface area contributed by atoms with E-state index in [9.17, 15) is 0 Å². The van der Waals surface area contributed by atoms with Crippen molar-refractivity contribution in [3.05, 3.63) is 0 Å². The first-order valence-electron chi connectivity index (χ1n) is 5.91. The SMILES string of the molecule is CC(C)(N)CSCC1CC2CCC1C2. The Labute approximate surface area is 92.2 Å². The van der Waals surface area contributed by atoms with Gasteiger partial charge < -0.3 is 5.73 Å². The molecule has 2 heteroatoms. The van der Waals surface area contributed by atoms with E-state index < -0.39 is 0 Å². The molecule has 3 unspecified atom stereocenters. The number of rotatable bonds is 4. The van der Waals surface area contributed by atoms with E-state index in [0.29, 0.717) is 0 Å². The second-order valence-corrected chi connectivity index (χ2v) is 6.97. The van der Waals surface area contributed by atoms with E-state index in [-0.39, 0.29) is 5.54 Å². The maximum Gasteiger partial charge on any atom is 0.0188 e. The molecule has 2 N–H and O–H groups in total. The molecule has 2 rings (SSSR count). The summed E-state index contributed by atoms with van der Waals surface area (Å²) in [6, 6.07) is 0. The predicted octanol–water partition coefficient (Wildman–Crippen LogP) is 2.89. The highest BCUT2D eigenvalue weighted by Gasteiger charge is 2.39. The first kappa shape index (κ1) is 10.8. The quantitative estimate of drug-likeness (QED) is 0.777. The molecule has 0 aliphatic heterocycles. The van der Waals surface area contributed by atoms with Gasteiger partial charge in [0.25, 0.3) is 0 Å². The third kappa shape index (κ3) is 2.66. The number of thioether (sulfide) groups is 1. The van der Waals surface area contributed by atoms with Crippen molar-refractivity contribution in [3.63, 3.8) is 0 Å². The zero-order valence-electron chi connectivity index (χ0n) is 9.46. The monoisotopic (exact) mass is 213 g/mol. The van der Waals surface area contributed by atoms with Gasteiger partial charge in [-0.2, -0.15) is 11.8 Å². The summed E-state index contributed by atoms with van der Waals surface area (Å²) in [6.07, 6.45) is 6.09. The molecule has 2 fully saturated rings. The molecule has 1 nitrogen and oxygen atoms in total. The van der Waals surface area contributed by atoms with E-state index in [1.165, 1.54) is 31.4 Å². The highest BCUT2D eigenvalue weighted by molar-refractivity contribution is 7.99. The van der Waals surface area contributed by atoms with E-state index in [4.69, 9.17) is 5.73 Å². The fraction of sp³-hybridized carbons (Fsp3) is 1.00. The Hall–Kier alpha value is 0.310. The van der Waals surface area contributed by atoms with Crippen LogP contribution in [0.15, 0.2) is 0 Å². The summed E-state index contributed by atoms with van der Waals surface area (Å²) < 4.78 is 0. The highest BCUT2D eigenvalue weighted by atomic mass is 32.2. The van der Waals surface area contributed by atoms with Crippen LogP contribution in [0.1, 0.15) is 39.5 Å². The number of hydrogen-bond donors (Lipinski definition) is 1. The minimum absolute atomic E-state index is 0.0162. The van der Waals surface area contributed by atoms with Crippen molar-refractivity contribution in [2.75, 3.05) is 11.5 Å². The molecular weight excluding hydrogens is 190 g/mol. The molecule has 0 aromatic heterocycles. The normalized spacial score (nSPS) is 36.6. The molecule has 82 valence electrons. The van der Waals surface area contributed by atoms with Gasteiger partial charge in [0.1, 0.15) is 0 Å². The lowest BCUT2D eigenvalue weighted by Gasteiger charge is -2.23. The number of nitrogens with two attached hydrogens (primary N) is 1. The first-order valence-corrected chi connectivity index (χ1v) is 7.07. The van der Waals surface area contributed by atoms with Crippen LogP contribution in [0, 0.1) is 17.8 Å². The Bertz CT molecular complexity index is 197. The molecule has 0 aromatic carbocycles. The lowest BCUT2D eigenvalue weighted by atomic mass is 9.90. The smallest absolute Gasteiger partial charge is 0.0188 e. The Balaban J connectivity index is 1.67. The molecule has 3 atom stereocenters. The summed E-state index contributed by atoms with van der Waals surface area (Å²) in [6.45, 7) is 4.25. The largest absolute Gasteiger partial charge is 0.325 e. The molecule has 0 heterocycles. The summed E-state index contributed by atoms with van der Waals surface area (Å²) in [5.74, 6) is 5.67. The molecule has 2 bridgehead atoms. The number of fused-ring (bicyclic) bond motifs is 2. The lowest BCUT2D eigenvalue weighted by molar-refractivity contribution is 0.365. The fourth-order valence-corrected chi connectivity index (χ4v) is 4.41. The van der Waals surface area contributed by atoms with Gasteiger partial charge in [-0.25, -0.2) is 0 Å². The fourth-order valence-electron chi connectivity index (χ4n) is 3.05. The standard InChI is InChI=1S/C12H23NS/c1-12(2,13)8-14-7-11-6-9-3-4-10(11)5-9/h9-11H,3-8,13H2,1-2H3. The summed E-state index contributed by atoms with van der Waals surface area (Å²) >= 11 is 2.07. The van der Waals surface area contributed by atoms with Crippen molar-refractivity contribution in [2.24, 2.45) is 23.5 Å². The van der Waals surface area contributed by atoms with Crippen molar-refractivity contribution < 1.29 is 0 Å². The molecule has 2 aliphatic carbocycles. The Kier molecular flexibility index (Phi) is 3.13. The van der Waals surface area contributed by atoms with E-state index in [1.54, 1.807) is 0 Å². The molecule has 14 heavy (non-hydrogen) atoms. The van der Waals surface area contributed by atoms with Crippen LogP contribution in [0.25, 0.3) is 0 Å². The molecule has 0 radical (unpaired) electrons. The lowest BCUT2D eigenvalue weighted by Crippen LogP contribution is -2.35. The van der Waals surface area contributed by atoms with Crippen molar-refractivity contribution in [1.29, 1.82) is 0 Å². The zero-order valence-corrected chi connectivity index (χ0v) is 10.3. The molecule has 0 amide bonds. The average Bonchev–Trinajstić information content (AvgIpc) is 2.62. The Morgan fingerprint density at radius 2 is 2.07 bits per heavy atom. The van der Waals surface area contributed by atoms with Crippen LogP contribution in [-0.2, 0) is 0 Å². The molecule has 0 spiro atoms. The van der Waals surface area contributed by atoms with Gasteiger partial charge in [-0.3, -0.25) is 0 Å². The summed E-state index contributed by atoms with van der Waals surface area (Å²) in [5.41, 5.74) is 5.99. The van der Waals surface area contributed by atoms with Crippen LogP contribution in [-0.4, -0.2) is 17.0 Å². The maximum absolute atomic E-state index is 5.98. The van der Waals surface area contributed by atoms with Gasteiger partial charge in [0, 0.05) is 11.3 Å². The van der Waals surface area contributed by atoms with E-state index >= 15 is 0 Å². The summed E-state index contributed by atoms with van der Waals surface area (Å²) in [5, 5.41) is 0. The third-order valence-electron chi connectivity index (χ3n) is 3.69. The topological polar surface area (TPSA) is 26.0 Å². The van der Waals surface area contributed by atoms with Crippen LogP contribution >= 0.6 is 11.8 Å². The van der Waals surface area contributed by atoms with Crippen LogP contribution in [0.2, 0.25) is 0 Å². The number of hydrogen-bond acceptors (Lipinski definition) is 2. The first-order chi connectivity index (χ1) is 6.54. The van der Waals surface area contributed by atoms with Gasteiger partial charge in [0.2, 0.25) is 0 Å². The van der Waals surface area contributed by atoms with Gasteiger partial charge in [0.15, 0.2) is 0 Å². The molecule has 0 aromatic rings. The minimum atomic E-state index is 0.0162. The highest BCUT2D eigenvalue weighted by Crippen LogP contribution is 2.49. The Morgan fingerprint density at radius 1 is 1.29 bits per heavy atom. The van der Waals surface area contributed by atoms with Crippen LogP contribution < -0.4 is 5.73 Å². The van der Waals surface area contributed by atoms with Gasteiger partial charge in [-0.15, -0.1) is 0 Å². The van der Waals surface area contributed by atoms with E-state index in [2.05, 4.69) is 25.6 Å². The van der Waals surface area contributed by atoms with Crippen LogP contribution in [0.3, 0.4) is 0 Å². The van der Waals surface area contributed by atoms with Gasteiger partial charge >= 0.3 is 0 Å². The average molecular weight is 213 g/mol. The zero-order chi connectivity index (χ0) is 10.2.